The third kappa shape index (κ3) is 3.51. The lowest BCUT2D eigenvalue weighted by atomic mass is 9.45. The number of aliphatic imine (C=N–C) groups is 1. The molecular formula is C23H35N3O2. The molecule has 2 aliphatic carbocycles. The van der Waals surface area contributed by atoms with E-state index in [1.807, 2.05) is 13.0 Å². The van der Waals surface area contributed by atoms with Crippen molar-refractivity contribution in [3.63, 3.8) is 0 Å². The molecule has 154 valence electrons. The number of fused-ring (bicyclic) bond motifs is 1. The van der Waals surface area contributed by atoms with Gasteiger partial charge in [0.2, 0.25) is 0 Å². The van der Waals surface area contributed by atoms with Gasteiger partial charge in [0, 0.05) is 11.5 Å². The molecule has 0 amide bonds. The number of hydrogen-bond acceptors (Lipinski definition) is 3. The summed E-state index contributed by atoms with van der Waals surface area (Å²) >= 11 is 0. The van der Waals surface area contributed by atoms with E-state index in [0.717, 1.165) is 31.2 Å². The summed E-state index contributed by atoms with van der Waals surface area (Å²) in [6.45, 7) is 10.9. The monoisotopic (exact) mass is 385 g/mol. The van der Waals surface area contributed by atoms with Crippen molar-refractivity contribution in [2.24, 2.45) is 45.0 Å². The number of hydrogen-bond donors (Lipinski definition) is 3. The molecule has 5 N–H and O–H groups in total. The van der Waals surface area contributed by atoms with Crippen molar-refractivity contribution in [1.82, 2.24) is 0 Å². The van der Waals surface area contributed by atoms with Crippen LogP contribution in [0.25, 0.3) is 0 Å². The van der Waals surface area contributed by atoms with Crippen molar-refractivity contribution in [2.75, 3.05) is 0 Å². The van der Waals surface area contributed by atoms with Crippen LogP contribution in [0.4, 0.5) is 0 Å². The zero-order chi connectivity index (χ0) is 20.9. The number of Topliss-reactive ketones (excluding diaryl/α,β-unsaturated/α-hetero) is 1. The summed E-state index contributed by atoms with van der Waals surface area (Å²) in [5.74, 6) is 0.553. The van der Waals surface area contributed by atoms with Gasteiger partial charge in [-0.2, -0.15) is 0 Å². The first kappa shape index (κ1) is 20.7. The summed E-state index contributed by atoms with van der Waals surface area (Å²) in [5.41, 5.74) is 13.0. The van der Waals surface area contributed by atoms with Crippen molar-refractivity contribution in [2.45, 2.75) is 66.3 Å². The van der Waals surface area contributed by atoms with Gasteiger partial charge in [-0.25, -0.2) is 4.99 Å². The Morgan fingerprint density at radius 2 is 1.86 bits per heavy atom. The molecule has 1 aromatic carbocycles. The number of ketones is 1. The first-order valence-electron chi connectivity index (χ1n) is 10.4. The number of nitrogens with two attached hydrogens (primary N) is 2. The molecular weight excluding hydrogens is 350 g/mol. The third-order valence-corrected chi connectivity index (χ3v) is 7.54. The molecule has 2 saturated carbocycles. The summed E-state index contributed by atoms with van der Waals surface area (Å²) in [7, 11) is 0. The zero-order valence-corrected chi connectivity index (χ0v) is 17.8. The number of benzene rings is 1. The van der Waals surface area contributed by atoms with Crippen molar-refractivity contribution in [1.29, 1.82) is 0 Å². The van der Waals surface area contributed by atoms with Crippen LogP contribution in [0, 0.1) is 35.5 Å². The highest BCUT2D eigenvalue weighted by Crippen LogP contribution is 2.62. The number of guanidine groups is 1. The van der Waals surface area contributed by atoms with Crippen molar-refractivity contribution >= 4 is 11.7 Å². The van der Waals surface area contributed by atoms with Crippen LogP contribution in [0.2, 0.25) is 0 Å². The minimum atomic E-state index is -0.180. The lowest BCUT2D eigenvalue weighted by Gasteiger charge is -2.59. The highest BCUT2D eigenvalue weighted by atomic mass is 16.3. The second kappa shape index (κ2) is 7.09. The number of carbonyl (C=O) groups is 1. The minimum Gasteiger partial charge on any atom is -0.508 e. The molecule has 5 heteroatoms. The van der Waals surface area contributed by atoms with Crippen LogP contribution in [-0.4, -0.2) is 22.9 Å². The van der Waals surface area contributed by atoms with Gasteiger partial charge in [0.25, 0.3) is 0 Å². The van der Waals surface area contributed by atoms with Crippen LogP contribution in [0.3, 0.4) is 0 Å². The van der Waals surface area contributed by atoms with Crippen LogP contribution in [-0.2, 0) is 0 Å². The van der Waals surface area contributed by atoms with Gasteiger partial charge in [0.15, 0.2) is 11.7 Å². The molecule has 0 bridgehead atoms. The Morgan fingerprint density at radius 3 is 2.46 bits per heavy atom. The highest BCUT2D eigenvalue weighted by Gasteiger charge is 2.58. The standard InChI is InChI=1S/C23H35N3O2/c1-13-9-15(11-16(27)10-13)20(28)19-14(2)17(26-21(24)25)12-18-22(3,4)7-6-8-23(18,19)5/h9-11,14,17-19,27H,6-8,12H2,1-5H3,(H4,24,25,26)/t14-,17+,18-,19+,23-/m0/s1. The maximum absolute atomic E-state index is 13.8. The summed E-state index contributed by atoms with van der Waals surface area (Å²) < 4.78 is 0. The number of rotatable bonds is 3. The number of nitrogens with zero attached hydrogens (tertiary/aromatic N) is 1. The molecule has 0 spiro atoms. The van der Waals surface area contributed by atoms with Crippen LogP contribution >= 0.6 is 0 Å². The molecule has 5 nitrogen and oxygen atoms in total. The summed E-state index contributed by atoms with van der Waals surface area (Å²) in [6, 6.07) is 5.09. The third-order valence-electron chi connectivity index (χ3n) is 7.54. The molecule has 0 unspecified atom stereocenters. The summed E-state index contributed by atoms with van der Waals surface area (Å²) in [5, 5.41) is 10.1. The van der Waals surface area contributed by atoms with Gasteiger partial charge in [0.1, 0.15) is 5.75 Å². The topological polar surface area (TPSA) is 102 Å². The fourth-order valence-corrected chi connectivity index (χ4v) is 6.39. The Labute approximate surface area is 168 Å². The Balaban J connectivity index is 2.11. The molecule has 3 rings (SSSR count). The van der Waals surface area contributed by atoms with Crippen LogP contribution in [0.1, 0.15) is 69.3 Å². The average Bonchev–Trinajstić information content (AvgIpc) is 2.54. The molecule has 2 aliphatic rings. The molecule has 28 heavy (non-hydrogen) atoms. The summed E-state index contributed by atoms with van der Waals surface area (Å²) in [6.07, 6.45) is 4.23. The van der Waals surface area contributed by atoms with Crippen molar-refractivity contribution in [3.8, 4) is 5.75 Å². The maximum atomic E-state index is 13.8. The minimum absolute atomic E-state index is 0.0346. The van der Waals surface area contributed by atoms with E-state index in [4.69, 9.17) is 11.5 Å². The number of phenolic OH excluding ortho intramolecular Hbond substituents is 1. The molecule has 0 heterocycles. The molecule has 0 aromatic heterocycles. The Hall–Kier alpha value is -2.04. The predicted octanol–water partition coefficient (Wildman–Crippen LogP) is 4.01. The number of aromatic hydroxyl groups is 1. The first-order valence-corrected chi connectivity index (χ1v) is 10.4. The smallest absolute Gasteiger partial charge is 0.186 e. The Morgan fingerprint density at radius 1 is 1.18 bits per heavy atom. The molecule has 0 radical (unpaired) electrons. The van der Waals surface area contributed by atoms with E-state index in [1.165, 1.54) is 0 Å². The maximum Gasteiger partial charge on any atom is 0.186 e. The van der Waals surface area contributed by atoms with E-state index < -0.39 is 0 Å². The Kier molecular flexibility index (Phi) is 5.24. The quantitative estimate of drug-likeness (QED) is 0.415. The van der Waals surface area contributed by atoms with E-state index in [-0.39, 0.29) is 46.2 Å². The SMILES string of the molecule is Cc1cc(O)cc(C(=O)[C@H]2[C@@H](C)[C@H](N=C(N)N)C[C@H]3C(C)(C)CCC[C@]23C)c1. The van der Waals surface area contributed by atoms with Crippen LogP contribution < -0.4 is 11.5 Å². The van der Waals surface area contributed by atoms with Gasteiger partial charge in [0.05, 0.1) is 6.04 Å². The lowest BCUT2D eigenvalue weighted by molar-refractivity contribution is -0.0862. The highest BCUT2D eigenvalue weighted by molar-refractivity contribution is 5.99. The van der Waals surface area contributed by atoms with E-state index in [9.17, 15) is 9.90 Å². The lowest BCUT2D eigenvalue weighted by Crippen LogP contribution is -2.57. The van der Waals surface area contributed by atoms with E-state index in [2.05, 4.69) is 32.7 Å². The first-order chi connectivity index (χ1) is 13.0. The molecule has 2 fully saturated rings. The fourth-order valence-electron chi connectivity index (χ4n) is 6.39. The molecule has 0 saturated heterocycles. The second-order valence-electron chi connectivity index (χ2n) is 10.0. The van der Waals surface area contributed by atoms with Gasteiger partial charge in [-0.15, -0.1) is 0 Å². The van der Waals surface area contributed by atoms with Gasteiger partial charge in [-0.1, -0.05) is 34.1 Å². The van der Waals surface area contributed by atoms with Crippen molar-refractivity contribution in [3.05, 3.63) is 29.3 Å². The second-order valence-corrected chi connectivity index (χ2v) is 10.0. The number of phenols is 1. The van der Waals surface area contributed by atoms with Crippen LogP contribution in [0.15, 0.2) is 23.2 Å². The van der Waals surface area contributed by atoms with E-state index in [1.54, 1.807) is 12.1 Å². The fraction of sp³-hybridized carbons (Fsp3) is 0.652. The van der Waals surface area contributed by atoms with Gasteiger partial charge in [-0.05, 0) is 72.6 Å². The zero-order valence-electron chi connectivity index (χ0n) is 17.8. The van der Waals surface area contributed by atoms with Gasteiger partial charge < -0.3 is 16.6 Å². The largest absolute Gasteiger partial charge is 0.508 e. The number of carbonyl (C=O) groups excluding carboxylic acids is 1. The molecule has 5 atom stereocenters. The van der Waals surface area contributed by atoms with Gasteiger partial charge >= 0.3 is 0 Å². The predicted molar refractivity (Wildman–Crippen MR) is 113 cm³/mol. The normalized spacial score (nSPS) is 34.3. The van der Waals surface area contributed by atoms with Crippen LogP contribution in [0.5, 0.6) is 5.75 Å². The van der Waals surface area contributed by atoms with E-state index in [0.29, 0.717) is 11.5 Å². The molecule has 1 aromatic rings. The molecule has 0 aliphatic heterocycles. The van der Waals surface area contributed by atoms with E-state index >= 15 is 0 Å². The van der Waals surface area contributed by atoms with Crippen molar-refractivity contribution < 1.29 is 9.90 Å². The summed E-state index contributed by atoms with van der Waals surface area (Å²) in [4.78, 5) is 18.3. The number of aryl methyl sites for hydroxylation is 1. The Bertz CT molecular complexity index is 777. The van der Waals surface area contributed by atoms with Gasteiger partial charge in [-0.3, -0.25) is 4.79 Å². The average molecular weight is 386 g/mol.